The average Bonchev–Trinajstić information content (AvgIpc) is 2.45. The lowest BCUT2D eigenvalue weighted by Gasteiger charge is -2.30. The average molecular weight is 206 g/mol. The number of ether oxygens (including phenoxy) is 1. The lowest BCUT2D eigenvalue weighted by molar-refractivity contribution is -0.122. The van der Waals surface area contributed by atoms with Crippen molar-refractivity contribution in [1.82, 2.24) is 0 Å². The van der Waals surface area contributed by atoms with Gasteiger partial charge in [0.15, 0.2) is 5.78 Å². The molecule has 0 saturated carbocycles. The first-order valence-electron chi connectivity index (χ1n) is 4.96. The highest BCUT2D eigenvalue weighted by Crippen LogP contribution is 2.35. The zero-order valence-electron chi connectivity index (χ0n) is 9.16. The summed E-state index contributed by atoms with van der Waals surface area (Å²) in [5.74, 6) is 1.74. The topological polar surface area (TPSA) is 39.4 Å². The summed E-state index contributed by atoms with van der Waals surface area (Å²) in [7, 11) is 0. The zero-order valence-corrected chi connectivity index (χ0v) is 9.16. The summed E-state index contributed by atoms with van der Waals surface area (Å²) in [6.45, 7) is 5.69. The minimum atomic E-state index is -0.576. The van der Waals surface area contributed by atoms with Crippen LogP contribution in [0.5, 0.6) is 0 Å². The fraction of sp³-hybridized carbons (Fsp3) is 0.417. The minimum absolute atomic E-state index is 0.0852. The molecule has 1 aromatic heterocycles. The van der Waals surface area contributed by atoms with Crippen molar-refractivity contribution in [2.45, 2.75) is 32.8 Å². The van der Waals surface area contributed by atoms with E-state index in [1.54, 1.807) is 0 Å². The number of ketones is 1. The number of hydrogen-bond acceptors (Lipinski definition) is 3. The monoisotopic (exact) mass is 206 g/mol. The highest BCUT2D eigenvalue weighted by Gasteiger charge is 2.35. The van der Waals surface area contributed by atoms with Crippen molar-refractivity contribution < 1.29 is 13.9 Å². The Hall–Kier alpha value is -1.51. The van der Waals surface area contributed by atoms with Gasteiger partial charge in [-0.25, -0.2) is 0 Å². The van der Waals surface area contributed by atoms with Crippen molar-refractivity contribution in [2.75, 3.05) is 0 Å². The van der Waals surface area contributed by atoms with Gasteiger partial charge >= 0.3 is 0 Å². The molecule has 3 heteroatoms. The molecule has 1 aliphatic rings. The van der Waals surface area contributed by atoms with E-state index in [0.29, 0.717) is 6.42 Å². The summed E-state index contributed by atoms with van der Waals surface area (Å²) in [6, 6.07) is 1.93. The third-order valence-electron chi connectivity index (χ3n) is 2.70. The molecule has 0 aromatic carbocycles. The van der Waals surface area contributed by atoms with Gasteiger partial charge in [-0.3, -0.25) is 4.79 Å². The molecule has 15 heavy (non-hydrogen) atoms. The van der Waals surface area contributed by atoms with Crippen LogP contribution in [0, 0.1) is 13.8 Å². The lowest BCUT2D eigenvalue weighted by atomic mass is 9.89. The molecule has 1 aromatic rings. The van der Waals surface area contributed by atoms with E-state index in [9.17, 15) is 4.79 Å². The molecule has 0 radical (unpaired) electrons. The van der Waals surface area contributed by atoms with Crippen molar-refractivity contribution in [1.29, 1.82) is 0 Å². The van der Waals surface area contributed by atoms with Crippen molar-refractivity contribution in [3.63, 3.8) is 0 Å². The van der Waals surface area contributed by atoms with Crippen LogP contribution in [0.2, 0.25) is 0 Å². The van der Waals surface area contributed by atoms with E-state index in [0.717, 1.165) is 17.1 Å². The van der Waals surface area contributed by atoms with E-state index in [-0.39, 0.29) is 5.78 Å². The van der Waals surface area contributed by atoms with Gasteiger partial charge in [0.1, 0.15) is 17.1 Å². The van der Waals surface area contributed by atoms with E-state index in [1.165, 1.54) is 12.3 Å². The van der Waals surface area contributed by atoms with Gasteiger partial charge in [-0.05, 0) is 26.8 Å². The van der Waals surface area contributed by atoms with Gasteiger partial charge in [0, 0.05) is 11.6 Å². The highest BCUT2D eigenvalue weighted by molar-refractivity contribution is 5.91. The summed E-state index contributed by atoms with van der Waals surface area (Å²) < 4.78 is 11.0. The highest BCUT2D eigenvalue weighted by atomic mass is 16.5. The van der Waals surface area contributed by atoms with Gasteiger partial charge in [-0.1, -0.05) is 0 Å². The molecular formula is C12H14O3. The minimum Gasteiger partial charge on any atom is -0.490 e. The Morgan fingerprint density at radius 2 is 2.13 bits per heavy atom. The molecule has 0 N–H and O–H groups in total. The fourth-order valence-electron chi connectivity index (χ4n) is 2.01. The number of hydrogen-bond donors (Lipinski definition) is 0. The Morgan fingerprint density at radius 3 is 2.67 bits per heavy atom. The predicted octanol–water partition coefficient (Wildman–Crippen LogP) is 2.61. The molecule has 1 unspecified atom stereocenters. The van der Waals surface area contributed by atoms with Gasteiger partial charge < -0.3 is 9.15 Å². The van der Waals surface area contributed by atoms with Crippen LogP contribution in [0.25, 0.3) is 0 Å². The molecule has 80 valence electrons. The van der Waals surface area contributed by atoms with Crippen LogP contribution in [0.4, 0.5) is 0 Å². The molecule has 0 amide bonds. The summed E-state index contributed by atoms with van der Waals surface area (Å²) in [4.78, 5) is 11.4. The lowest BCUT2D eigenvalue weighted by Crippen LogP contribution is -2.29. The van der Waals surface area contributed by atoms with Crippen molar-refractivity contribution >= 4 is 5.78 Å². The maximum Gasteiger partial charge on any atom is 0.163 e. The van der Waals surface area contributed by atoms with Crippen molar-refractivity contribution in [3.05, 3.63) is 35.5 Å². The number of carbonyl (C=O) groups is 1. The summed E-state index contributed by atoms with van der Waals surface area (Å²) in [5, 5.41) is 0. The van der Waals surface area contributed by atoms with Gasteiger partial charge in [0.25, 0.3) is 0 Å². The molecule has 0 fully saturated rings. The largest absolute Gasteiger partial charge is 0.490 e. The maximum absolute atomic E-state index is 11.4. The second kappa shape index (κ2) is 3.26. The van der Waals surface area contributed by atoms with E-state index in [4.69, 9.17) is 9.15 Å². The molecule has 2 rings (SSSR count). The summed E-state index contributed by atoms with van der Waals surface area (Å²) >= 11 is 0. The first-order valence-corrected chi connectivity index (χ1v) is 4.96. The van der Waals surface area contributed by atoms with Crippen LogP contribution in [-0.4, -0.2) is 5.78 Å². The van der Waals surface area contributed by atoms with E-state index >= 15 is 0 Å². The van der Waals surface area contributed by atoms with E-state index < -0.39 is 5.60 Å². The molecular weight excluding hydrogens is 192 g/mol. The van der Waals surface area contributed by atoms with Crippen LogP contribution in [0.1, 0.15) is 30.4 Å². The SMILES string of the molecule is Cc1cc(C2(C)CC(=O)C=CO2)c(C)o1. The Morgan fingerprint density at radius 1 is 1.40 bits per heavy atom. The van der Waals surface area contributed by atoms with Gasteiger partial charge in [0.2, 0.25) is 0 Å². The number of allylic oxidation sites excluding steroid dienone is 1. The Labute approximate surface area is 88.7 Å². The van der Waals surface area contributed by atoms with Gasteiger partial charge in [-0.15, -0.1) is 0 Å². The molecule has 0 saturated heterocycles. The van der Waals surface area contributed by atoms with Crippen LogP contribution in [0.15, 0.2) is 22.8 Å². The Kier molecular flexibility index (Phi) is 2.18. The number of aryl methyl sites for hydroxylation is 2. The quantitative estimate of drug-likeness (QED) is 0.709. The van der Waals surface area contributed by atoms with Gasteiger partial charge in [-0.2, -0.15) is 0 Å². The standard InChI is InChI=1S/C12H14O3/c1-8-6-11(9(2)15-8)12(3)7-10(13)4-5-14-12/h4-6H,7H2,1-3H3. The molecule has 1 atom stereocenters. The van der Waals surface area contributed by atoms with E-state index in [2.05, 4.69) is 0 Å². The number of rotatable bonds is 1. The smallest absolute Gasteiger partial charge is 0.163 e. The fourth-order valence-corrected chi connectivity index (χ4v) is 2.01. The van der Waals surface area contributed by atoms with Gasteiger partial charge in [0.05, 0.1) is 12.7 Å². The van der Waals surface area contributed by atoms with Crippen molar-refractivity contribution in [2.24, 2.45) is 0 Å². The van der Waals surface area contributed by atoms with Crippen LogP contribution in [-0.2, 0) is 15.1 Å². The first-order chi connectivity index (χ1) is 7.01. The molecule has 0 spiro atoms. The van der Waals surface area contributed by atoms with E-state index in [1.807, 2.05) is 26.8 Å². The van der Waals surface area contributed by atoms with Crippen LogP contribution >= 0.6 is 0 Å². The molecule has 2 heterocycles. The zero-order chi connectivity index (χ0) is 11.1. The third kappa shape index (κ3) is 1.69. The second-order valence-electron chi connectivity index (χ2n) is 4.12. The molecule has 3 nitrogen and oxygen atoms in total. The summed E-state index contributed by atoms with van der Waals surface area (Å²) in [6.07, 6.45) is 3.29. The summed E-state index contributed by atoms with van der Waals surface area (Å²) in [5.41, 5.74) is 0.380. The first kappa shape index (κ1) is 10.0. The normalized spacial score (nSPS) is 25.4. The van der Waals surface area contributed by atoms with Crippen LogP contribution in [0.3, 0.4) is 0 Å². The number of furan rings is 1. The molecule has 1 aliphatic heterocycles. The maximum atomic E-state index is 11.4. The third-order valence-corrected chi connectivity index (χ3v) is 2.70. The predicted molar refractivity (Wildman–Crippen MR) is 55.4 cm³/mol. The second-order valence-corrected chi connectivity index (χ2v) is 4.12. The Balaban J connectivity index is 2.41. The number of carbonyl (C=O) groups excluding carboxylic acids is 1. The molecule has 0 aliphatic carbocycles. The molecule has 0 bridgehead atoms. The van der Waals surface area contributed by atoms with Crippen LogP contribution < -0.4 is 0 Å². The van der Waals surface area contributed by atoms with Crippen molar-refractivity contribution in [3.8, 4) is 0 Å². The Bertz CT molecular complexity index is 428.